The summed E-state index contributed by atoms with van der Waals surface area (Å²) >= 11 is 0. The molecule has 2 aromatic carbocycles. The number of ketones is 1. The van der Waals surface area contributed by atoms with Crippen LogP contribution in [0.25, 0.3) is 33.4 Å². The molecule has 0 atom stereocenters. The van der Waals surface area contributed by atoms with Crippen LogP contribution in [-0.2, 0) is 5.54 Å². The van der Waals surface area contributed by atoms with Gasteiger partial charge >= 0.3 is 0 Å². The lowest BCUT2D eigenvalue weighted by molar-refractivity contribution is 0.104. The van der Waals surface area contributed by atoms with E-state index in [0.29, 0.717) is 44.5 Å². The monoisotopic (exact) mass is 393 g/mol. The predicted molar refractivity (Wildman–Crippen MR) is 115 cm³/mol. The lowest BCUT2D eigenvalue weighted by Crippen LogP contribution is -2.21. The zero-order valence-electron chi connectivity index (χ0n) is 16.9. The maximum atomic E-state index is 13.4. The highest BCUT2D eigenvalue weighted by Crippen LogP contribution is 2.46. The maximum Gasteiger partial charge on any atom is 0.196 e. The highest BCUT2D eigenvalue weighted by atomic mass is 16.3. The van der Waals surface area contributed by atoms with E-state index in [-0.39, 0.29) is 17.1 Å². The summed E-state index contributed by atoms with van der Waals surface area (Å²) in [5.41, 5.74) is 4.63. The summed E-state index contributed by atoms with van der Waals surface area (Å²) in [5, 5.41) is 20.7. The zero-order valence-corrected chi connectivity index (χ0v) is 16.9. The minimum Gasteiger partial charge on any atom is -0.508 e. The number of rotatable bonds is 1. The third kappa shape index (κ3) is 2.40. The van der Waals surface area contributed by atoms with Gasteiger partial charge in [0.2, 0.25) is 0 Å². The van der Waals surface area contributed by atoms with Crippen molar-refractivity contribution in [3.8, 4) is 34.2 Å². The summed E-state index contributed by atoms with van der Waals surface area (Å²) in [6.45, 7) is 6.15. The molecule has 5 nitrogen and oxygen atoms in total. The smallest absolute Gasteiger partial charge is 0.196 e. The fraction of sp³-hybridized carbons (Fsp3) is 0.160. The quantitative estimate of drug-likeness (QED) is 0.422. The number of benzene rings is 2. The van der Waals surface area contributed by atoms with Crippen LogP contribution in [0.2, 0.25) is 0 Å². The minimum atomic E-state index is -0.313. The van der Waals surface area contributed by atoms with Crippen LogP contribution < -0.4 is 0 Å². The predicted octanol–water partition coefficient (Wildman–Crippen LogP) is 5.25. The Bertz CT molecular complexity index is 1420. The van der Waals surface area contributed by atoms with Gasteiger partial charge in [-0.05, 0) is 38.5 Å². The van der Waals surface area contributed by atoms with E-state index in [1.54, 1.807) is 30.5 Å². The number of phenolic OH excluding ortho intramolecular Hbond substituents is 1. The lowest BCUT2D eigenvalue weighted by atomic mass is 9.93. The zero-order chi connectivity index (χ0) is 21.2. The Balaban J connectivity index is 2.03. The molecule has 0 radical (unpaired) electrons. The molecular weight excluding hydrogens is 374 g/mol. The number of aromatic hydroxyl groups is 1. The van der Waals surface area contributed by atoms with Gasteiger partial charge in [-0.3, -0.25) is 4.79 Å². The van der Waals surface area contributed by atoms with Crippen LogP contribution in [0.15, 0.2) is 54.7 Å². The molecule has 4 aromatic rings. The first-order chi connectivity index (χ1) is 14.3. The van der Waals surface area contributed by atoms with Crippen molar-refractivity contribution in [2.24, 2.45) is 0 Å². The minimum absolute atomic E-state index is 0.0999. The van der Waals surface area contributed by atoms with Crippen LogP contribution in [0.1, 0.15) is 42.3 Å². The van der Waals surface area contributed by atoms with Crippen LogP contribution >= 0.6 is 0 Å². The molecular formula is C25H19N3O2. The van der Waals surface area contributed by atoms with E-state index in [1.165, 1.54) is 0 Å². The second kappa shape index (κ2) is 6.04. The van der Waals surface area contributed by atoms with E-state index in [1.807, 2.05) is 28.8 Å². The standard InChI is InChI=1S/C25H19N3O2/c1-25(2,3)28-13-15(12-26)20-19(14-7-6-8-16(29)11-14)21-22(27-24(20)28)17-9-4-5-10-18(17)23(21)30/h4-11,13,29H,1-3H3. The molecule has 146 valence electrons. The summed E-state index contributed by atoms with van der Waals surface area (Å²) in [4.78, 5) is 18.3. The number of fused-ring (bicyclic) bond motifs is 4. The third-order valence-corrected chi connectivity index (χ3v) is 5.57. The molecule has 1 aliphatic rings. The van der Waals surface area contributed by atoms with Crippen molar-refractivity contribution < 1.29 is 9.90 Å². The van der Waals surface area contributed by atoms with Crippen molar-refractivity contribution in [1.82, 2.24) is 9.55 Å². The average Bonchev–Trinajstić information content (AvgIpc) is 3.23. The van der Waals surface area contributed by atoms with E-state index < -0.39 is 0 Å². The van der Waals surface area contributed by atoms with Crippen molar-refractivity contribution in [1.29, 1.82) is 5.26 Å². The Kier molecular flexibility index (Phi) is 3.65. The van der Waals surface area contributed by atoms with Gasteiger partial charge in [0.25, 0.3) is 0 Å². The van der Waals surface area contributed by atoms with Gasteiger partial charge in [-0.2, -0.15) is 5.26 Å². The Labute approximate surface area is 173 Å². The van der Waals surface area contributed by atoms with Gasteiger partial charge in [-0.25, -0.2) is 4.98 Å². The molecule has 0 bridgehead atoms. The molecule has 5 rings (SSSR count). The molecule has 30 heavy (non-hydrogen) atoms. The number of nitrogens with zero attached hydrogens (tertiary/aromatic N) is 3. The highest BCUT2D eigenvalue weighted by molar-refractivity contribution is 6.27. The van der Waals surface area contributed by atoms with Crippen LogP contribution in [0.4, 0.5) is 0 Å². The molecule has 0 saturated heterocycles. The highest BCUT2D eigenvalue weighted by Gasteiger charge is 2.35. The molecule has 2 heterocycles. The number of carbonyl (C=O) groups is 1. The SMILES string of the molecule is CC(C)(C)n1cc(C#N)c2c(-c3cccc(O)c3)c3c(nc21)-c1ccccc1C3=O. The Hall–Kier alpha value is -3.91. The first-order valence-corrected chi connectivity index (χ1v) is 9.74. The van der Waals surface area contributed by atoms with E-state index in [0.717, 1.165) is 5.56 Å². The molecule has 5 heteroatoms. The van der Waals surface area contributed by atoms with Crippen LogP contribution in [0.3, 0.4) is 0 Å². The van der Waals surface area contributed by atoms with E-state index in [9.17, 15) is 15.2 Å². The second-order valence-corrected chi connectivity index (χ2v) is 8.53. The van der Waals surface area contributed by atoms with Crippen LogP contribution in [0.5, 0.6) is 5.75 Å². The van der Waals surface area contributed by atoms with Crippen molar-refractivity contribution in [2.45, 2.75) is 26.3 Å². The molecule has 0 spiro atoms. The number of hydrogen-bond donors (Lipinski definition) is 1. The van der Waals surface area contributed by atoms with Gasteiger partial charge in [0.1, 0.15) is 17.5 Å². The van der Waals surface area contributed by atoms with Crippen LogP contribution in [0, 0.1) is 11.3 Å². The van der Waals surface area contributed by atoms with Gasteiger partial charge in [0.15, 0.2) is 5.78 Å². The van der Waals surface area contributed by atoms with E-state index in [4.69, 9.17) is 4.98 Å². The average molecular weight is 393 g/mol. The first kappa shape index (κ1) is 18.1. The van der Waals surface area contributed by atoms with Crippen molar-refractivity contribution in [2.75, 3.05) is 0 Å². The van der Waals surface area contributed by atoms with Gasteiger partial charge in [0.05, 0.1) is 16.8 Å². The maximum absolute atomic E-state index is 13.4. The Morgan fingerprint density at radius 1 is 1.03 bits per heavy atom. The second-order valence-electron chi connectivity index (χ2n) is 8.53. The first-order valence-electron chi connectivity index (χ1n) is 9.74. The molecule has 1 N–H and O–H groups in total. The van der Waals surface area contributed by atoms with Gasteiger partial charge in [-0.1, -0.05) is 36.4 Å². The van der Waals surface area contributed by atoms with Gasteiger partial charge in [-0.15, -0.1) is 0 Å². The fourth-order valence-electron chi connectivity index (χ4n) is 4.24. The molecule has 2 aromatic heterocycles. The fourth-order valence-corrected chi connectivity index (χ4v) is 4.24. The number of aromatic nitrogens is 2. The van der Waals surface area contributed by atoms with Gasteiger partial charge < -0.3 is 9.67 Å². The molecule has 1 aliphatic carbocycles. The third-order valence-electron chi connectivity index (χ3n) is 5.57. The van der Waals surface area contributed by atoms with Gasteiger partial charge in [0, 0.05) is 33.8 Å². The topological polar surface area (TPSA) is 78.9 Å². The summed E-state index contributed by atoms with van der Waals surface area (Å²) in [5.74, 6) is -0.0105. The normalized spacial score (nSPS) is 12.7. The summed E-state index contributed by atoms with van der Waals surface area (Å²) < 4.78 is 1.98. The lowest BCUT2D eigenvalue weighted by Gasteiger charge is -2.22. The Morgan fingerprint density at radius 2 is 1.77 bits per heavy atom. The largest absolute Gasteiger partial charge is 0.508 e. The number of nitriles is 1. The molecule has 0 unspecified atom stereocenters. The van der Waals surface area contributed by atoms with Crippen molar-refractivity contribution in [3.05, 3.63) is 71.4 Å². The summed E-state index contributed by atoms with van der Waals surface area (Å²) in [7, 11) is 0. The molecule has 0 fully saturated rings. The van der Waals surface area contributed by atoms with E-state index >= 15 is 0 Å². The summed E-state index contributed by atoms with van der Waals surface area (Å²) in [6.07, 6.45) is 1.80. The summed E-state index contributed by atoms with van der Waals surface area (Å²) in [6, 6.07) is 16.5. The Morgan fingerprint density at radius 3 is 2.43 bits per heavy atom. The van der Waals surface area contributed by atoms with Crippen LogP contribution in [-0.4, -0.2) is 20.4 Å². The number of phenols is 1. The number of hydrogen-bond acceptors (Lipinski definition) is 4. The number of carbonyl (C=O) groups excluding carboxylic acids is 1. The van der Waals surface area contributed by atoms with Crippen molar-refractivity contribution in [3.63, 3.8) is 0 Å². The van der Waals surface area contributed by atoms with E-state index in [2.05, 4.69) is 26.8 Å². The van der Waals surface area contributed by atoms with Crippen molar-refractivity contribution >= 4 is 16.8 Å². The molecule has 0 aliphatic heterocycles. The molecule has 0 amide bonds. The molecule has 0 saturated carbocycles. The number of pyridine rings is 1.